The monoisotopic (exact) mass is 283 g/mol. The zero-order chi connectivity index (χ0) is 13.7. The third-order valence-electron chi connectivity index (χ3n) is 3.76. The molecule has 0 amide bonds. The second-order valence-corrected chi connectivity index (χ2v) is 5.57. The van der Waals surface area contributed by atoms with Crippen molar-refractivity contribution in [3.63, 3.8) is 0 Å². The van der Waals surface area contributed by atoms with Gasteiger partial charge >= 0.3 is 0 Å². The normalized spacial score (nSPS) is 22.7. The fraction of sp³-hybridized carbons (Fsp3) is 0.714. The molecule has 0 aliphatic heterocycles. The highest BCUT2D eigenvalue weighted by atomic mass is 35.5. The van der Waals surface area contributed by atoms with Crippen molar-refractivity contribution < 1.29 is 4.74 Å². The third-order valence-corrected chi connectivity index (χ3v) is 3.95. The van der Waals surface area contributed by atoms with Gasteiger partial charge in [-0.2, -0.15) is 0 Å². The molecule has 5 heteroatoms. The number of halogens is 1. The molecule has 106 valence electrons. The predicted molar refractivity (Wildman–Crippen MR) is 77.4 cm³/mol. The number of rotatable bonds is 6. The Bertz CT molecular complexity index is 414. The topological polar surface area (TPSA) is 47.0 Å². The summed E-state index contributed by atoms with van der Waals surface area (Å²) in [5.74, 6) is 2.97. The molecule has 1 N–H and O–H groups in total. The van der Waals surface area contributed by atoms with Crippen molar-refractivity contribution in [3.05, 3.63) is 17.0 Å². The van der Waals surface area contributed by atoms with E-state index < -0.39 is 0 Å². The van der Waals surface area contributed by atoms with E-state index in [0.29, 0.717) is 24.2 Å². The van der Waals surface area contributed by atoms with Gasteiger partial charge in [-0.15, -0.1) is 0 Å². The van der Waals surface area contributed by atoms with Gasteiger partial charge in [-0.3, -0.25) is 0 Å². The Morgan fingerprint density at radius 1 is 1.42 bits per heavy atom. The van der Waals surface area contributed by atoms with Gasteiger partial charge in [-0.05, 0) is 25.2 Å². The minimum Gasteiger partial charge on any atom is -0.374 e. The van der Waals surface area contributed by atoms with E-state index in [1.54, 1.807) is 6.07 Å². The number of aromatic nitrogens is 2. The molecule has 1 aliphatic carbocycles. The molecular weight excluding hydrogens is 262 g/mol. The van der Waals surface area contributed by atoms with Crippen molar-refractivity contribution >= 4 is 17.4 Å². The zero-order valence-electron chi connectivity index (χ0n) is 11.7. The van der Waals surface area contributed by atoms with Crippen LogP contribution in [0.3, 0.4) is 0 Å². The fourth-order valence-electron chi connectivity index (χ4n) is 2.57. The van der Waals surface area contributed by atoms with Crippen LogP contribution in [0.1, 0.15) is 38.9 Å². The molecule has 0 bridgehead atoms. The average molecular weight is 284 g/mol. The van der Waals surface area contributed by atoms with Crippen LogP contribution in [0.5, 0.6) is 0 Å². The Morgan fingerprint density at radius 3 is 2.95 bits per heavy atom. The molecule has 1 heterocycles. The first-order chi connectivity index (χ1) is 9.19. The second kappa shape index (κ2) is 7.06. The maximum atomic E-state index is 6.01. The number of anilines is 1. The lowest BCUT2D eigenvalue weighted by atomic mass is 9.98. The molecule has 4 nitrogen and oxygen atoms in total. The van der Waals surface area contributed by atoms with Gasteiger partial charge in [0.2, 0.25) is 0 Å². The number of ether oxygens (including phenoxy) is 1. The van der Waals surface area contributed by atoms with Gasteiger partial charge < -0.3 is 10.1 Å². The lowest BCUT2D eigenvalue weighted by Gasteiger charge is -2.16. The lowest BCUT2D eigenvalue weighted by molar-refractivity contribution is 0.128. The summed E-state index contributed by atoms with van der Waals surface area (Å²) in [4.78, 5) is 8.58. The molecule has 1 saturated carbocycles. The summed E-state index contributed by atoms with van der Waals surface area (Å²) in [6.07, 6.45) is 3.99. The SMILES string of the molecule is CCOCc1nc(Cl)cc(NCC2CCCC2C)n1. The summed E-state index contributed by atoms with van der Waals surface area (Å²) in [7, 11) is 0. The van der Waals surface area contributed by atoms with Crippen LogP contribution >= 0.6 is 11.6 Å². The smallest absolute Gasteiger partial charge is 0.158 e. The Kier molecular flexibility index (Phi) is 5.40. The Morgan fingerprint density at radius 2 is 2.26 bits per heavy atom. The van der Waals surface area contributed by atoms with Crippen LogP contribution in [-0.2, 0) is 11.3 Å². The van der Waals surface area contributed by atoms with E-state index >= 15 is 0 Å². The summed E-state index contributed by atoms with van der Waals surface area (Å²) < 4.78 is 5.31. The molecule has 19 heavy (non-hydrogen) atoms. The number of hydrogen-bond donors (Lipinski definition) is 1. The first-order valence-corrected chi connectivity index (χ1v) is 7.42. The summed E-state index contributed by atoms with van der Waals surface area (Å²) in [5, 5.41) is 3.85. The van der Waals surface area contributed by atoms with E-state index in [1.165, 1.54) is 19.3 Å². The van der Waals surface area contributed by atoms with E-state index in [-0.39, 0.29) is 0 Å². The Labute approximate surface area is 119 Å². The molecule has 0 radical (unpaired) electrons. The van der Waals surface area contributed by atoms with Gasteiger partial charge in [-0.1, -0.05) is 31.4 Å². The summed E-state index contributed by atoms with van der Waals surface area (Å²) in [6.45, 7) is 6.30. The van der Waals surface area contributed by atoms with Gasteiger partial charge in [0.25, 0.3) is 0 Å². The van der Waals surface area contributed by atoms with Crippen molar-refractivity contribution in [2.24, 2.45) is 11.8 Å². The largest absolute Gasteiger partial charge is 0.374 e. The zero-order valence-corrected chi connectivity index (χ0v) is 12.4. The van der Waals surface area contributed by atoms with E-state index in [4.69, 9.17) is 16.3 Å². The maximum absolute atomic E-state index is 6.01. The fourth-order valence-corrected chi connectivity index (χ4v) is 2.78. The Hall–Kier alpha value is -0.870. The minimum absolute atomic E-state index is 0.408. The van der Waals surface area contributed by atoms with Gasteiger partial charge in [0.15, 0.2) is 5.82 Å². The minimum atomic E-state index is 0.408. The summed E-state index contributed by atoms with van der Waals surface area (Å²) in [6, 6.07) is 1.77. The molecule has 1 fully saturated rings. The first-order valence-electron chi connectivity index (χ1n) is 7.04. The molecule has 2 atom stereocenters. The van der Waals surface area contributed by atoms with E-state index in [0.717, 1.165) is 24.2 Å². The number of hydrogen-bond acceptors (Lipinski definition) is 4. The highest BCUT2D eigenvalue weighted by Gasteiger charge is 2.22. The number of nitrogens with one attached hydrogen (secondary N) is 1. The van der Waals surface area contributed by atoms with E-state index in [9.17, 15) is 0 Å². The molecule has 2 unspecified atom stereocenters. The summed E-state index contributed by atoms with van der Waals surface area (Å²) in [5.41, 5.74) is 0. The lowest BCUT2D eigenvalue weighted by Crippen LogP contribution is -2.17. The van der Waals surface area contributed by atoms with E-state index in [2.05, 4.69) is 22.2 Å². The maximum Gasteiger partial charge on any atom is 0.158 e. The van der Waals surface area contributed by atoms with Crippen LogP contribution in [0.2, 0.25) is 5.15 Å². The highest BCUT2D eigenvalue weighted by Crippen LogP contribution is 2.31. The van der Waals surface area contributed by atoms with Crippen LogP contribution in [0, 0.1) is 11.8 Å². The first kappa shape index (κ1) is 14.5. The highest BCUT2D eigenvalue weighted by molar-refractivity contribution is 6.29. The predicted octanol–water partition coefficient (Wildman–Crippen LogP) is 3.51. The number of nitrogens with zero attached hydrogens (tertiary/aromatic N) is 2. The molecule has 2 rings (SSSR count). The van der Waals surface area contributed by atoms with E-state index in [1.807, 2.05) is 6.92 Å². The molecule has 0 spiro atoms. The molecule has 0 aromatic carbocycles. The second-order valence-electron chi connectivity index (χ2n) is 5.18. The van der Waals surface area contributed by atoms with Crippen LogP contribution in [0.4, 0.5) is 5.82 Å². The van der Waals surface area contributed by atoms with Gasteiger partial charge in [-0.25, -0.2) is 9.97 Å². The van der Waals surface area contributed by atoms with Crippen LogP contribution in [0.25, 0.3) is 0 Å². The van der Waals surface area contributed by atoms with Gasteiger partial charge in [0.05, 0.1) is 0 Å². The van der Waals surface area contributed by atoms with Gasteiger partial charge in [0.1, 0.15) is 17.6 Å². The average Bonchev–Trinajstić information content (AvgIpc) is 2.79. The summed E-state index contributed by atoms with van der Waals surface area (Å²) >= 11 is 6.01. The van der Waals surface area contributed by atoms with Crippen LogP contribution in [-0.4, -0.2) is 23.1 Å². The van der Waals surface area contributed by atoms with Crippen LogP contribution < -0.4 is 5.32 Å². The van der Waals surface area contributed by atoms with Crippen LogP contribution in [0.15, 0.2) is 6.07 Å². The van der Waals surface area contributed by atoms with Crippen molar-refractivity contribution in [2.45, 2.75) is 39.7 Å². The molecule has 0 saturated heterocycles. The quantitative estimate of drug-likeness (QED) is 0.812. The standard InChI is InChI=1S/C14H22ClN3O/c1-3-19-9-14-17-12(15)7-13(18-14)16-8-11-6-4-5-10(11)2/h7,10-11H,3-6,8-9H2,1-2H3,(H,16,17,18). The molecule has 1 aliphatic rings. The van der Waals surface area contributed by atoms with Crippen molar-refractivity contribution in [3.8, 4) is 0 Å². The third kappa shape index (κ3) is 4.32. The Balaban J connectivity index is 1.93. The van der Waals surface area contributed by atoms with Crippen molar-refractivity contribution in [1.82, 2.24) is 9.97 Å². The van der Waals surface area contributed by atoms with Crippen molar-refractivity contribution in [2.75, 3.05) is 18.5 Å². The van der Waals surface area contributed by atoms with Crippen molar-refractivity contribution in [1.29, 1.82) is 0 Å². The molecule has 1 aromatic heterocycles. The molecule has 1 aromatic rings. The molecular formula is C14H22ClN3O. The van der Waals surface area contributed by atoms with Gasteiger partial charge in [0, 0.05) is 19.2 Å².